The summed E-state index contributed by atoms with van der Waals surface area (Å²) >= 11 is 0. The number of aromatic hydroxyl groups is 1. The highest BCUT2D eigenvalue weighted by Crippen LogP contribution is 2.41. The molecule has 0 bridgehead atoms. The highest BCUT2D eigenvalue weighted by Gasteiger charge is 2.30. The molecule has 1 aromatic carbocycles. The van der Waals surface area contributed by atoms with E-state index >= 15 is 0 Å². The lowest BCUT2D eigenvalue weighted by molar-refractivity contribution is 0.368. The highest BCUT2D eigenvalue weighted by atomic mass is 28.3. The molecule has 0 aliphatic rings. The zero-order valence-corrected chi connectivity index (χ0v) is 17.9. The molecule has 3 nitrogen and oxygen atoms in total. The van der Waals surface area contributed by atoms with Crippen LogP contribution in [0.4, 0.5) is 0 Å². The van der Waals surface area contributed by atoms with E-state index in [-0.39, 0.29) is 10.8 Å². The molecule has 1 heterocycles. The van der Waals surface area contributed by atoms with Crippen LogP contribution in [0.1, 0.15) is 52.7 Å². The Hall–Kier alpha value is -1.68. The third-order valence-corrected chi connectivity index (χ3v) is 6.97. The van der Waals surface area contributed by atoms with E-state index in [9.17, 15) is 5.11 Å². The van der Waals surface area contributed by atoms with E-state index in [0.29, 0.717) is 12.0 Å². The molecule has 0 unspecified atom stereocenters. The fourth-order valence-corrected chi connectivity index (χ4v) is 4.44. The van der Waals surface area contributed by atoms with Crippen LogP contribution in [0.3, 0.4) is 0 Å². The van der Waals surface area contributed by atoms with Crippen LogP contribution in [-0.2, 0) is 10.8 Å². The van der Waals surface area contributed by atoms with Crippen LogP contribution in [0.25, 0.3) is 0 Å². The molecule has 1 aromatic heterocycles. The molecule has 0 amide bonds. The summed E-state index contributed by atoms with van der Waals surface area (Å²) in [6.45, 7) is 17.1. The van der Waals surface area contributed by atoms with Crippen LogP contribution in [-0.4, -0.2) is 19.4 Å². The Balaban J connectivity index is 2.38. The molecule has 0 aliphatic carbocycles. The molecule has 0 radical (unpaired) electrons. The van der Waals surface area contributed by atoms with Crippen molar-refractivity contribution >= 4 is 13.5 Å². The first-order chi connectivity index (χ1) is 11.3. The molecule has 2 aromatic rings. The van der Waals surface area contributed by atoms with Gasteiger partial charge in [-0.15, -0.1) is 0 Å². The van der Waals surface area contributed by atoms with Gasteiger partial charge < -0.3 is 14.3 Å². The molecule has 0 saturated carbocycles. The average molecular weight is 361 g/mol. The average Bonchev–Trinajstić information content (AvgIpc) is 2.98. The van der Waals surface area contributed by atoms with Crippen molar-refractivity contribution in [2.45, 2.75) is 65.5 Å². The van der Waals surface area contributed by atoms with Crippen molar-refractivity contribution in [2.24, 2.45) is 0 Å². The lowest BCUT2D eigenvalue weighted by atomic mass is 9.79. The van der Waals surface area contributed by atoms with E-state index in [4.69, 9.17) is 9.15 Å². The number of hydrogen-bond donors (Lipinski definition) is 1. The number of phenols is 1. The van der Waals surface area contributed by atoms with Crippen molar-refractivity contribution in [3.05, 3.63) is 41.7 Å². The Bertz CT molecular complexity index is 682. The fourth-order valence-electron chi connectivity index (χ4n) is 2.83. The van der Waals surface area contributed by atoms with Crippen LogP contribution in [0.15, 0.2) is 34.9 Å². The minimum Gasteiger partial charge on any atom is -0.507 e. The predicted octanol–water partition coefficient (Wildman–Crippen LogP) is 5.11. The zero-order valence-electron chi connectivity index (χ0n) is 16.9. The lowest BCUT2D eigenvalue weighted by Crippen LogP contribution is -2.46. The van der Waals surface area contributed by atoms with E-state index in [1.165, 1.54) is 0 Å². The molecular formula is C21H32O3Si. The monoisotopic (exact) mass is 360 g/mol. The zero-order chi connectivity index (χ0) is 19.0. The van der Waals surface area contributed by atoms with Crippen molar-refractivity contribution in [3.8, 4) is 11.5 Å². The number of phenolic OH excluding ortho intramolecular Hbond substituents is 1. The Morgan fingerprint density at radius 2 is 1.52 bits per heavy atom. The molecule has 2 rings (SSSR count). The van der Waals surface area contributed by atoms with Gasteiger partial charge in [0, 0.05) is 11.1 Å². The van der Waals surface area contributed by atoms with Crippen LogP contribution in [0.5, 0.6) is 11.5 Å². The fraction of sp³-hybridized carbons (Fsp3) is 0.524. The summed E-state index contributed by atoms with van der Waals surface area (Å²) in [6.07, 6.45) is 2.36. The topological polar surface area (TPSA) is 42.6 Å². The molecule has 0 spiro atoms. The summed E-state index contributed by atoms with van der Waals surface area (Å²) in [5.41, 5.74) is 1.54. The second kappa shape index (κ2) is 6.56. The highest BCUT2D eigenvalue weighted by molar-refractivity contribution is 6.88. The maximum absolute atomic E-state index is 10.8. The number of rotatable bonds is 4. The van der Waals surface area contributed by atoms with Gasteiger partial charge in [-0.25, -0.2) is 0 Å². The molecule has 0 saturated heterocycles. The summed E-state index contributed by atoms with van der Waals surface area (Å²) in [4.78, 5) is 0. The van der Waals surface area contributed by atoms with Gasteiger partial charge in [-0.2, -0.15) is 0 Å². The second-order valence-electron chi connectivity index (χ2n) is 9.52. The van der Waals surface area contributed by atoms with E-state index in [1.54, 1.807) is 6.26 Å². The van der Waals surface area contributed by atoms with E-state index in [2.05, 4.69) is 54.6 Å². The first kappa shape index (κ1) is 19.6. The number of ether oxygens (including phenoxy) is 1. The minimum absolute atomic E-state index is 0.155. The Labute approximate surface area is 153 Å². The van der Waals surface area contributed by atoms with Gasteiger partial charge in [-0.3, -0.25) is 0 Å². The van der Waals surface area contributed by atoms with Crippen molar-refractivity contribution in [1.82, 2.24) is 0 Å². The Morgan fingerprint density at radius 1 is 1.00 bits per heavy atom. The van der Waals surface area contributed by atoms with Gasteiger partial charge in [0.2, 0.25) is 0 Å². The van der Waals surface area contributed by atoms with Crippen molar-refractivity contribution in [2.75, 3.05) is 6.23 Å². The summed E-state index contributed by atoms with van der Waals surface area (Å²) in [6, 6.07) is 7.93. The van der Waals surface area contributed by atoms with Gasteiger partial charge >= 0.3 is 0 Å². The molecule has 138 valence electrons. The Kier molecular flexibility index (Phi) is 5.15. The smallest absolute Gasteiger partial charge is 0.168 e. The van der Waals surface area contributed by atoms with Gasteiger partial charge in [-0.05, 0) is 35.1 Å². The van der Waals surface area contributed by atoms with Gasteiger partial charge in [0.1, 0.15) is 11.5 Å². The number of benzene rings is 1. The molecule has 0 aliphatic heterocycles. The van der Waals surface area contributed by atoms with Crippen LogP contribution in [0.2, 0.25) is 13.1 Å². The quantitative estimate of drug-likeness (QED) is 0.770. The van der Waals surface area contributed by atoms with Gasteiger partial charge in [0.25, 0.3) is 0 Å². The number of furan rings is 1. The van der Waals surface area contributed by atoms with E-state index < -0.39 is 8.07 Å². The van der Waals surface area contributed by atoms with Crippen molar-refractivity contribution in [3.63, 3.8) is 0 Å². The molecular weight excluding hydrogens is 328 g/mol. The van der Waals surface area contributed by atoms with E-state index in [1.807, 2.05) is 24.3 Å². The largest absolute Gasteiger partial charge is 0.507 e. The molecule has 4 heteroatoms. The molecule has 0 fully saturated rings. The van der Waals surface area contributed by atoms with Gasteiger partial charge in [0.15, 0.2) is 8.07 Å². The van der Waals surface area contributed by atoms with Gasteiger partial charge in [0.05, 0.1) is 17.9 Å². The first-order valence-corrected chi connectivity index (χ1v) is 12.1. The minimum atomic E-state index is -1.80. The van der Waals surface area contributed by atoms with Crippen molar-refractivity contribution in [1.29, 1.82) is 0 Å². The summed E-state index contributed by atoms with van der Waals surface area (Å²) in [5.74, 6) is 1.20. The summed E-state index contributed by atoms with van der Waals surface area (Å²) in [7, 11) is -1.80. The van der Waals surface area contributed by atoms with Crippen LogP contribution >= 0.6 is 0 Å². The van der Waals surface area contributed by atoms with Crippen LogP contribution in [0, 0.1) is 0 Å². The number of hydrogen-bond acceptors (Lipinski definition) is 3. The molecule has 25 heavy (non-hydrogen) atoms. The summed E-state index contributed by atoms with van der Waals surface area (Å²) in [5, 5.41) is 11.8. The third kappa shape index (κ3) is 4.49. The molecule has 1 N–H and O–H groups in total. The van der Waals surface area contributed by atoms with Gasteiger partial charge in [-0.1, -0.05) is 54.6 Å². The predicted molar refractivity (Wildman–Crippen MR) is 107 cm³/mol. The van der Waals surface area contributed by atoms with Crippen LogP contribution < -0.4 is 10.1 Å². The standard InChI is InChI=1S/C21H32O3Si/c1-20(2,3)16-12-15(13-17(19(16)22)21(4,5)6)24-14-25(7,8)18-10-9-11-23-18/h9-13,22H,14H2,1-8H3. The lowest BCUT2D eigenvalue weighted by Gasteiger charge is -2.29. The maximum atomic E-state index is 10.8. The normalized spacial score (nSPS) is 13.1. The third-order valence-electron chi connectivity index (χ3n) is 4.49. The summed E-state index contributed by atoms with van der Waals surface area (Å²) < 4.78 is 11.8. The Morgan fingerprint density at radius 3 is 1.92 bits per heavy atom. The second-order valence-corrected chi connectivity index (χ2v) is 14.1. The van der Waals surface area contributed by atoms with Crippen molar-refractivity contribution < 1.29 is 14.3 Å². The first-order valence-electron chi connectivity index (χ1n) is 8.87. The van der Waals surface area contributed by atoms with E-state index in [0.717, 1.165) is 22.3 Å². The maximum Gasteiger partial charge on any atom is 0.168 e. The molecule has 0 atom stereocenters. The SMILES string of the molecule is CC(C)(C)c1cc(OC[Si](C)(C)c2ccco2)cc(C(C)(C)C)c1O.